The summed E-state index contributed by atoms with van der Waals surface area (Å²) in [5.74, 6) is -4.24. The molecular weight excluding hydrogens is 582 g/mol. The van der Waals surface area contributed by atoms with Crippen molar-refractivity contribution in [3.63, 3.8) is 0 Å². The van der Waals surface area contributed by atoms with Crippen molar-refractivity contribution >= 4 is 41.3 Å². The third-order valence-corrected chi connectivity index (χ3v) is 7.02. The molecule has 240 valence electrons. The van der Waals surface area contributed by atoms with E-state index < -0.39 is 48.4 Å². The SMILES string of the molecule is CC(=O)OCc1ccc(O[C@@H]2O[C@H](C(=O)O)[C@@H](O)[C@H](O)[C@H]2C)c(NC(=O)CCNC(=O)CCCCCN2C(=O)C=CC2=O)c1. The number of hydrogen-bond donors (Lipinski definition) is 5. The molecule has 2 aliphatic heterocycles. The minimum absolute atomic E-state index is 0.0313. The molecule has 15 heteroatoms. The van der Waals surface area contributed by atoms with Gasteiger partial charge in [0.25, 0.3) is 11.8 Å². The van der Waals surface area contributed by atoms with E-state index in [2.05, 4.69) is 10.6 Å². The number of ether oxygens (including phenoxy) is 3. The van der Waals surface area contributed by atoms with Crippen molar-refractivity contribution in [2.45, 2.75) is 77.2 Å². The Morgan fingerprint density at radius 2 is 1.68 bits per heavy atom. The van der Waals surface area contributed by atoms with E-state index >= 15 is 0 Å². The van der Waals surface area contributed by atoms with Crippen LogP contribution in [0.1, 0.15) is 51.5 Å². The van der Waals surface area contributed by atoms with Crippen LogP contribution in [-0.2, 0) is 44.8 Å². The third kappa shape index (κ3) is 9.59. The molecule has 1 aromatic rings. The van der Waals surface area contributed by atoms with Crippen molar-refractivity contribution in [1.29, 1.82) is 0 Å². The molecule has 3 rings (SSSR count). The molecule has 1 fully saturated rings. The lowest BCUT2D eigenvalue weighted by Crippen LogP contribution is -2.57. The zero-order valence-electron chi connectivity index (χ0n) is 24.4. The van der Waals surface area contributed by atoms with E-state index in [1.54, 1.807) is 6.07 Å². The molecule has 0 aromatic heterocycles. The molecule has 0 bridgehead atoms. The highest BCUT2D eigenvalue weighted by Gasteiger charge is 2.46. The van der Waals surface area contributed by atoms with Crippen LogP contribution in [0, 0.1) is 5.92 Å². The van der Waals surface area contributed by atoms with Gasteiger partial charge in [-0.25, -0.2) is 4.79 Å². The van der Waals surface area contributed by atoms with Crippen molar-refractivity contribution < 1.29 is 58.3 Å². The molecule has 5 atom stereocenters. The molecule has 0 saturated carbocycles. The summed E-state index contributed by atoms with van der Waals surface area (Å²) in [6.45, 7) is 2.96. The van der Waals surface area contributed by atoms with Gasteiger partial charge >= 0.3 is 11.9 Å². The van der Waals surface area contributed by atoms with Crippen molar-refractivity contribution in [2.24, 2.45) is 5.92 Å². The van der Waals surface area contributed by atoms with Crippen molar-refractivity contribution in [1.82, 2.24) is 10.2 Å². The van der Waals surface area contributed by atoms with Crippen LogP contribution >= 0.6 is 0 Å². The number of carboxylic acid groups (broad SMARTS) is 1. The molecule has 4 amide bonds. The Morgan fingerprint density at radius 3 is 2.34 bits per heavy atom. The average Bonchev–Trinajstić information content (AvgIpc) is 3.29. The molecule has 1 saturated heterocycles. The molecule has 0 spiro atoms. The summed E-state index contributed by atoms with van der Waals surface area (Å²) in [6.07, 6.45) is -1.90. The highest BCUT2D eigenvalue weighted by molar-refractivity contribution is 6.12. The van der Waals surface area contributed by atoms with E-state index in [0.29, 0.717) is 24.8 Å². The second-order valence-corrected chi connectivity index (χ2v) is 10.5. The number of amides is 4. The highest BCUT2D eigenvalue weighted by Crippen LogP contribution is 2.33. The van der Waals surface area contributed by atoms with Gasteiger partial charge in [0.1, 0.15) is 18.5 Å². The molecule has 44 heavy (non-hydrogen) atoms. The number of nitrogens with one attached hydrogen (secondary N) is 2. The number of carboxylic acids is 1. The zero-order chi connectivity index (χ0) is 32.4. The summed E-state index contributed by atoms with van der Waals surface area (Å²) in [5, 5.41) is 35.1. The maximum Gasteiger partial charge on any atom is 0.335 e. The number of anilines is 1. The van der Waals surface area contributed by atoms with Crippen LogP contribution < -0.4 is 15.4 Å². The van der Waals surface area contributed by atoms with Crippen LogP contribution in [0.15, 0.2) is 30.4 Å². The summed E-state index contributed by atoms with van der Waals surface area (Å²) in [7, 11) is 0. The molecule has 0 radical (unpaired) electrons. The van der Waals surface area contributed by atoms with Gasteiger partial charge in [0.2, 0.25) is 18.1 Å². The number of esters is 1. The lowest BCUT2D eigenvalue weighted by Gasteiger charge is -2.39. The Hall–Kier alpha value is -4.34. The minimum atomic E-state index is -1.74. The van der Waals surface area contributed by atoms with Gasteiger partial charge in [0.15, 0.2) is 6.10 Å². The van der Waals surface area contributed by atoms with Gasteiger partial charge in [0.05, 0.1) is 11.8 Å². The molecule has 1 aromatic carbocycles. The fourth-order valence-electron chi connectivity index (χ4n) is 4.52. The predicted molar refractivity (Wildman–Crippen MR) is 151 cm³/mol. The first-order chi connectivity index (χ1) is 20.9. The largest absolute Gasteiger partial charge is 0.479 e. The van der Waals surface area contributed by atoms with Gasteiger partial charge in [-0.15, -0.1) is 0 Å². The summed E-state index contributed by atoms with van der Waals surface area (Å²) < 4.78 is 16.2. The number of nitrogens with zero attached hydrogens (tertiary/aromatic N) is 1. The lowest BCUT2D eigenvalue weighted by molar-refractivity contribution is -0.251. The van der Waals surface area contributed by atoms with Crippen molar-refractivity contribution in [3.05, 3.63) is 35.9 Å². The van der Waals surface area contributed by atoms with E-state index in [-0.39, 0.29) is 61.7 Å². The number of hydrogen-bond acceptors (Lipinski definition) is 11. The Bertz CT molecular complexity index is 1260. The number of imide groups is 1. The lowest BCUT2D eigenvalue weighted by atomic mass is 9.92. The van der Waals surface area contributed by atoms with Crippen molar-refractivity contribution in [3.8, 4) is 5.75 Å². The normalized spacial score (nSPS) is 22.9. The zero-order valence-corrected chi connectivity index (χ0v) is 24.4. The molecule has 15 nitrogen and oxygen atoms in total. The maximum absolute atomic E-state index is 12.7. The average molecular weight is 620 g/mol. The van der Waals surface area contributed by atoms with Crippen LogP contribution in [0.4, 0.5) is 5.69 Å². The molecule has 0 unspecified atom stereocenters. The second kappa shape index (κ2) is 15.9. The van der Waals surface area contributed by atoms with Gasteiger partial charge in [-0.3, -0.25) is 28.9 Å². The van der Waals surface area contributed by atoms with Crippen LogP contribution in [-0.4, -0.2) is 93.5 Å². The number of benzene rings is 1. The Kier molecular flexibility index (Phi) is 12.4. The number of unbranched alkanes of at least 4 members (excludes halogenated alkanes) is 2. The van der Waals surface area contributed by atoms with Gasteiger partial charge in [-0.1, -0.05) is 19.4 Å². The third-order valence-electron chi connectivity index (χ3n) is 7.02. The predicted octanol–water partition coefficient (Wildman–Crippen LogP) is 0.226. The van der Waals surface area contributed by atoms with Gasteiger partial charge in [0, 0.05) is 50.9 Å². The maximum atomic E-state index is 12.7. The van der Waals surface area contributed by atoms with Crippen LogP contribution in [0.5, 0.6) is 5.75 Å². The van der Waals surface area contributed by atoms with E-state index in [1.807, 2.05) is 0 Å². The number of aliphatic carboxylic acids is 1. The Balaban J connectivity index is 1.52. The summed E-state index contributed by atoms with van der Waals surface area (Å²) in [5.41, 5.74) is 0.641. The van der Waals surface area contributed by atoms with Gasteiger partial charge < -0.3 is 40.2 Å². The smallest absolute Gasteiger partial charge is 0.335 e. The quantitative estimate of drug-likeness (QED) is 0.101. The topological polar surface area (TPSA) is 218 Å². The monoisotopic (exact) mass is 619 g/mol. The number of carbonyl (C=O) groups excluding carboxylic acids is 5. The first-order valence-corrected chi connectivity index (χ1v) is 14.1. The van der Waals surface area contributed by atoms with Crippen LogP contribution in [0.3, 0.4) is 0 Å². The second-order valence-electron chi connectivity index (χ2n) is 10.5. The Labute approximate surface area is 253 Å². The van der Waals surface area contributed by atoms with Crippen molar-refractivity contribution in [2.75, 3.05) is 18.4 Å². The number of aliphatic hydroxyl groups excluding tert-OH is 2. The standard InChI is InChI=1S/C29H37N3O12/c1-16-25(38)26(39)27(28(40)41)44-29(16)43-20-8-7-18(15-42-17(2)33)14-19(20)31-22(35)11-12-30-21(34)6-4-3-5-13-32-23(36)9-10-24(32)37/h7-10,14,16,25-27,29,38-39H,3-6,11-13,15H2,1-2H3,(H,30,34)(H,31,35)(H,40,41)/t16-,25-,26+,27+,29-/m1/s1. The molecule has 5 N–H and O–H groups in total. The fourth-order valence-corrected chi connectivity index (χ4v) is 4.52. The molecular formula is C29H37N3O12. The molecule has 2 aliphatic rings. The first kappa shape index (κ1) is 34.2. The number of carbonyl (C=O) groups is 6. The van der Waals surface area contributed by atoms with Crippen LogP contribution in [0.25, 0.3) is 0 Å². The van der Waals surface area contributed by atoms with Gasteiger partial charge in [-0.05, 0) is 30.5 Å². The summed E-state index contributed by atoms with van der Waals surface area (Å²) in [4.78, 5) is 71.9. The molecule has 0 aliphatic carbocycles. The van der Waals surface area contributed by atoms with E-state index in [4.69, 9.17) is 14.2 Å². The summed E-state index contributed by atoms with van der Waals surface area (Å²) in [6, 6.07) is 4.49. The minimum Gasteiger partial charge on any atom is -0.479 e. The van der Waals surface area contributed by atoms with E-state index in [0.717, 1.165) is 4.90 Å². The highest BCUT2D eigenvalue weighted by atomic mass is 16.7. The number of rotatable bonds is 15. The molecule has 2 heterocycles. The van der Waals surface area contributed by atoms with E-state index in [1.165, 1.54) is 38.1 Å². The van der Waals surface area contributed by atoms with Crippen LogP contribution in [0.2, 0.25) is 0 Å². The Morgan fingerprint density at radius 1 is 0.977 bits per heavy atom. The van der Waals surface area contributed by atoms with E-state index in [9.17, 15) is 44.1 Å². The summed E-state index contributed by atoms with van der Waals surface area (Å²) >= 11 is 0. The van der Waals surface area contributed by atoms with Gasteiger partial charge in [-0.2, -0.15) is 0 Å². The first-order valence-electron chi connectivity index (χ1n) is 14.1. The fraction of sp³-hybridized carbons (Fsp3) is 0.517. The number of aliphatic hydroxyl groups is 2.